The van der Waals surface area contributed by atoms with Gasteiger partial charge < -0.3 is 23.8 Å². The lowest BCUT2D eigenvalue weighted by Crippen LogP contribution is -2.30. The smallest absolute Gasteiger partial charge is 0.154 e. The van der Waals surface area contributed by atoms with Crippen molar-refractivity contribution in [2.75, 3.05) is 37.9 Å². The molecule has 0 spiro atoms. The van der Waals surface area contributed by atoms with Crippen LogP contribution in [0.5, 0.6) is 5.75 Å². The van der Waals surface area contributed by atoms with E-state index in [1.54, 1.807) is 0 Å². The maximum atomic E-state index is 5.63. The van der Waals surface area contributed by atoms with Gasteiger partial charge in [-0.25, -0.2) is 0 Å². The first-order valence-electron chi connectivity index (χ1n) is 6.73. The zero-order valence-electron chi connectivity index (χ0n) is 10.7. The summed E-state index contributed by atoms with van der Waals surface area (Å²) < 4.78 is 21.4. The van der Waals surface area contributed by atoms with Gasteiger partial charge >= 0.3 is 0 Å². The summed E-state index contributed by atoms with van der Waals surface area (Å²) in [6, 6.07) is 8.15. The first kappa shape index (κ1) is 11.5. The molecular formula is C14H17NO4. The SMILES string of the molecule is c1cc(N(CC2CO2)C2CO2)ccc1OCC1CO1. The molecule has 3 heterocycles. The molecule has 0 saturated carbocycles. The molecule has 3 saturated heterocycles. The maximum Gasteiger partial charge on any atom is 0.154 e. The number of hydrogen-bond acceptors (Lipinski definition) is 5. The molecule has 0 N–H and O–H groups in total. The molecule has 3 fully saturated rings. The van der Waals surface area contributed by atoms with Crippen molar-refractivity contribution in [1.29, 1.82) is 0 Å². The lowest BCUT2D eigenvalue weighted by atomic mass is 10.2. The molecule has 0 bridgehead atoms. The van der Waals surface area contributed by atoms with Gasteiger partial charge in [-0.15, -0.1) is 0 Å². The number of benzene rings is 1. The molecule has 102 valence electrons. The number of anilines is 1. The lowest BCUT2D eigenvalue weighted by molar-refractivity contribution is 0.263. The Bertz CT molecular complexity index is 437. The van der Waals surface area contributed by atoms with Gasteiger partial charge in [0.25, 0.3) is 0 Å². The van der Waals surface area contributed by atoms with Crippen molar-refractivity contribution >= 4 is 5.69 Å². The van der Waals surface area contributed by atoms with Crippen molar-refractivity contribution in [2.45, 2.75) is 18.4 Å². The fourth-order valence-corrected chi connectivity index (χ4v) is 2.09. The van der Waals surface area contributed by atoms with E-state index in [-0.39, 0.29) is 6.23 Å². The van der Waals surface area contributed by atoms with Crippen molar-refractivity contribution < 1.29 is 18.9 Å². The number of ether oxygens (including phenoxy) is 4. The van der Waals surface area contributed by atoms with E-state index in [9.17, 15) is 0 Å². The topological polar surface area (TPSA) is 50.1 Å². The highest BCUT2D eigenvalue weighted by Gasteiger charge is 2.35. The Balaban J connectivity index is 1.40. The highest BCUT2D eigenvalue weighted by molar-refractivity contribution is 5.50. The van der Waals surface area contributed by atoms with E-state index in [1.165, 1.54) is 0 Å². The first-order valence-corrected chi connectivity index (χ1v) is 6.73. The molecule has 3 unspecified atom stereocenters. The zero-order chi connectivity index (χ0) is 12.7. The van der Waals surface area contributed by atoms with Gasteiger partial charge in [-0.3, -0.25) is 0 Å². The van der Waals surface area contributed by atoms with E-state index in [0.717, 1.165) is 37.8 Å². The Labute approximate surface area is 112 Å². The number of epoxide rings is 3. The van der Waals surface area contributed by atoms with E-state index in [0.29, 0.717) is 18.8 Å². The van der Waals surface area contributed by atoms with Gasteiger partial charge in [0, 0.05) is 12.2 Å². The summed E-state index contributed by atoms with van der Waals surface area (Å²) in [6.45, 7) is 4.05. The van der Waals surface area contributed by atoms with E-state index in [1.807, 2.05) is 12.1 Å². The Kier molecular flexibility index (Phi) is 2.83. The predicted octanol–water partition coefficient (Wildman–Crippen LogP) is 1.03. The van der Waals surface area contributed by atoms with Gasteiger partial charge in [0.05, 0.1) is 25.9 Å². The Morgan fingerprint density at radius 3 is 2.26 bits per heavy atom. The molecule has 19 heavy (non-hydrogen) atoms. The van der Waals surface area contributed by atoms with Crippen molar-refractivity contribution in [2.24, 2.45) is 0 Å². The van der Waals surface area contributed by atoms with Gasteiger partial charge in [0.1, 0.15) is 18.5 Å². The van der Waals surface area contributed by atoms with Crippen molar-refractivity contribution in [3.63, 3.8) is 0 Å². The van der Waals surface area contributed by atoms with E-state index in [4.69, 9.17) is 18.9 Å². The van der Waals surface area contributed by atoms with Gasteiger partial charge in [-0.05, 0) is 24.3 Å². The lowest BCUT2D eigenvalue weighted by Gasteiger charge is -2.21. The zero-order valence-corrected chi connectivity index (χ0v) is 10.7. The summed E-state index contributed by atoms with van der Waals surface area (Å²) in [5.74, 6) is 0.888. The molecule has 0 radical (unpaired) electrons. The van der Waals surface area contributed by atoms with Crippen LogP contribution in [0, 0.1) is 0 Å². The fraction of sp³-hybridized carbons (Fsp3) is 0.571. The quantitative estimate of drug-likeness (QED) is 0.688. The minimum absolute atomic E-state index is 0.218. The summed E-state index contributed by atoms with van der Waals surface area (Å²) in [6.07, 6.45) is 0.881. The Morgan fingerprint density at radius 2 is 1.68 bits per heavy atom. The molecule has 3 atom stereocenters. The molecule has 4 rings (SSSR count). The van der Waals surface area contributed by atoms with Crippen LogP contribution < -0.4 is 9.64 Å². The molecule has 1 aromatic carbocycles. The van der Waals surface area contributed by atoms with E-state index < -0.39 is 0 Å². The molecule has 0 aromatic heterocycles. The Hall–Kier alpha value is -1.30. The molecule has 0 aliphatic carbocycles. The summed E-state index contributed by atoms with van der Waals surface area (Å²) >= 11 is 0. The molecule has 5 nitrogen and oxygen atoms in total. The van der Waals surface area contributed by atoms with Crippen LogP contribution in [-0.2, 0) is 14.2 Å². The average molecular weight is 263 g/mol. The van der Waals surface area contributed by atoms with Crippen LogP contribution in [0.3, 0.4) is 0 Å². The van der Waals surface area contributed by atoms with Gasteiger partial charge in [0.15, 0.2) is 6.23 Å². The average Bonchev–Trinajstić information content (AvgIpc) is 3.29. The van der Waals surface area contributed by atoms with Crippen LogP contribution in [0.2, 0.25) is 0 Å². The second-order valence-electron chi connectivity index (χ2n) is 5.16. The number of nitrogens with zero attached hydrogens (tertiary/aromatic N) is 1. The van der Waals surface area contributed by atoms with Crippen molar-refractivity contribution in [1.82, 2.24) is 0 Å². The van der Waals surface area contributed by atoms with E-state index >= 15 is 0 Å². The normalized spacial score (nSPS) is 30.8. The standard InChI is InChI=1S/C14H17NO4/c1-3-11(16-7-13-8-18-13)4-2-10(1)15(14-9-19-14)5-12-6-17-12/h1-4,12-14H,5-9H2. The van der Waals surface area contributed by atoms with Crippen LogP contribution >= 0.6 is 0 Å². The van der Waals surface area contributed by atoms with Gasteiger partial charge in [0.2, 0.25) is 0 Å². The highest BCUT2D eigenvalue weighted by Crippen LogP contribution is 2.28. The fourth-order valence-electron chi connectivity index (χ4n) is 2.09. The third-order valence-corrected chi connectivity index (χ3v) is 3.47. The largest absolute Gasteiger partial charge is 0.491 e. The van der Waals surface area contributed by atoms with Crippen LogP contribution in [0.4, 0.5) is 5.69 Å². The number of rotatable bonds is 7. The third kappa shape index (κ3) is 3.00. The van der Waals surface area contributed by atoms with Gasteiger partial charge in [-0.2, -0.15) is 0 Å². The summed E-state index contributed by atoms with van der Waals surface area (Å²) in [5, 5.41) is 0. The van der Waals surface area contributed by atoms with Crippen LogP contribution in [0.1, 0.15) is 0 Å². The van der Waals surface area contributed by atoms with Crippen molar-refractivity contribution in [3.8, 4) is 5.75 Å². The minimum Gasteiger partial charge on any atom is -0.491 e. The van der Waals surface area contributed by atoms with Crippen LogP contribution in [-0.4, -0.2) is 51.4 Å². The summed E-state index contributed by atoms with van der Waals surface area (Å²) in [4.78, 5) is 2.26. The monoisotopic (exact) mass is 263 g/mol. The summed E-state index contributed by atoms with van der Waals surface area (Å²) in [7, 11) is 0. The highest BCUT2D eigenvalue weighted by atomic mass is 16.6. The molecule has 0 amide bonds. The van der Waals surface area contributed by atoms with Crippen molar-refractivity contribution in [3.05, 3.63) is 24.3 Å². The molecule has 1 aromatic rings. The maximum absolute atomic E-state index is 5.63. The number of hydrogen-bond donors (Lipinski definition) is 0. The second kappa shape index (κ2) is 4.67. The minimum atomic E-state index is 0.218. The van der Waals surface area contributed by atoms with E-state index in [2.05, 4.69) is 17.0 Å². The molecule has 5 heteroatoms. The Morgan fingerprint density at radius 1 is 1.00 bits per heavy atom. The van der Waals surface area contributed by atoms with Crippen LogP contribution in [0.15, 0.2) is 24.3 Å². The molecule has 3 aliphatic heterocycles. The van der Waals surface area contributed by atoms with Crippen LogP contribution in [0.25, 0.3) is 0 Å². The first-order chi connectivity index (χ1) is 9.38. The van der Waals surface area contributed by atoms with Gasteiger partial charge in [-0.1, -0.05) is 0 Å². The second-order valence-corrected chi connectivity index (χ2v) is 5.16. The third-order valence-electron chi connectivity index (χ3n) is 3.47. The molecular weight excluding hydrogens is 246 g/mol. The summed E-state index contributed by atoms with van der Waals surface area (Å²) in [5.41, 5.74) is 1.16. The predicted molar refractivity (Wildman–Crippen MR) is 68.5 cm³/mol. The molecule has 3 aliphatic rings.